The minimum absolute atomic E-state index is 0.143. The molecule has 16 heavy (non-hydrogen) atoms. The Morgan fingerprint density at radius 1 is 1.38 bits per heavy atom. The first kappa shape index (κ1) is 12.5. The van der Waals surface area contributed by atoms with Gasteiger partial charge in [0.1, 0.15) is 6.10 Å². The molecule has 1 aromatic carbocycles. The van der Waals surface area contributed by atoms with Crippen LogP contribution in [0.25, 0.3) is 0 Å². The predicted molar refractivity (Wildman–Crippen MR) is 64.7 cm³/mol. The first-order valence-electron chi connectivity index (χ1n) is 5.30. The number of nitrogens with one attached hydrogen (secondary N) is 2. The molecular formula is C12H18N2O2. The molecule has 0 bridgehead atoms. The Morgan fingerprint density at radius 3 is 2.56 bits per heavy atom. The van der Waals surface area contributed by atoms with Crippen molar-refractivity contribution in [2.45, 2.75) is 20.0 Å². The largest absolute Gasteiger partial charge is 0.445 e. The summed E-state index contributed by atoms with van der Waals surface area (Å²) in [7, 11) is 1.82. The van der Waals surface area contributed by atoms with Gasteiger partial charge in [-0.25, -0.2) is 4.79 Å². The highest BCUT2D eigenvalue weighted by Crippen LogP contribution is 2.09. The van der Waals surface area contributed by atoms with Gasteiger partial charge in [-0.2, -0.15) is 0 Å². The van der Waals surface area contributed by atoms with Gasteiger partial charge in [0.2, 0.25) is 0 Å². The number of carbonyl (C=O) groups excluding carboxylic acids is 1. The lowest BCUT2D eigenvalue weighted by Crippen LogP contribution is -2.28. The van der Waals surface area contributed by atoms with Gasteiger partial charge in [0, 0.05) is 12.2 Å². The van der Waals surface area contributed by atoms with Gasteiger partial charge in [0.05, 0.1) is 0 Å². The Balaban J connectivity index is 2.42. The summed E-state index contributed by atoms with van der Waals surface area (Å²) in [4.78, 5) is 11.4. The lowest BCUT2D eigenvalue weighted by atomic mass is 10.2. The third-order valence-electron chi connectivity index (χ3n) is 2.10. The number of aryl methyl sites for hydroxylation is 1. The van der Waals surface area contributed by atoms with Crippen molar-refractivity contribution >= 4 is 11.8 Å². The van der Waals surface area contributed by atoms with Crippen molar-refractivity contribution in [2.24, 2.45) is 0 Å². The molecule has 88 valence electrons. The summed E-state index contributed by atoms with van der Waals surface area (Å²) in [5, 5.41) is 5.61. The zero-order valence-corrected chi connectivity index (χ0v) is 9.91. The van der Waals surface area contributed by atoms with Crippen LogP contribution in [0, 0.1) is 6.92 Å². The number of anilines is 1. The highest BCUT2D eigenvalue weighted by Gasteiger charge is 2.08. The molecule has 0 aromatic heterocycles. The fourth-order valence-corrected chi connectivity index (χ4v) is 1.30. The van der Waals surface area contributed by atoms with E-state index in [4.69, 9.17) is 4.74 Å². The van der Waals surface area contributed by atoms with E-state index in [0.29, 0.717) is 6.54 Å². The minimum atomic E-state index is -0.424. The van der Waals surface area contributed by atoms with E-state index in [0.717, 1.165) is 11.3 Å². The van der Waals surface area contributed by atoms with Crippen LogP contribution < -0.4 is 10.6 Å². The molecule has 0 aliphatic carbocycles. The summed E-state index contributed by atoms with van der Waals surface area (Å²) in [6.07, 6.45) is -0.568. The van der Waals surface area contributed by atoms with Crippen LogP contribution in [0.2, 0.25) is 0 Å². The number of hydrogen-bond acceptors (Lipinski definition) is 3. The van der Waals surface area contributed by atoms with Crippen LogP contribution in [-0.4, -0.2) is 25.8 Å². The van der Waals surface area contributed by atoms with Crippen LogP contribution >= 0.6 is 0 Å². The summed E-state index contributed by atoms with van der Waals surface area (Å²) >= 11 is 0. The van der Waals surface area contributed by atoms with E-state index in [1.54, 1.807) is 0 Å². The fourth-order valence-electron chi connectivity index (χ4n) is 1.30. The Labute approximate surface area is 96.0 Å². The molecule has 1 aromatic rings. The Hall–Kier alpha value is -1.55. The van der Waals surface area contributed by atoms with Gasteiger partial charge in [-0.1, -0.05) is 17.7 Å². The topological polar surface area (TPSA) is 50.4 Å². The quantitative estimate of drug-likeness (QED) is 0.820. The Bertz CT molecular complexity index is 335. The van der Waals surface area contributed by atoms with Gasteiger partial charge < -0.3 is 10.1 Å². The average molecular weight is 222 g/mol. The van der Waals surface area contributed by atoms with E-state index in [1.807, 2.05) is 45.2 Å². The van der Waals surface area contributed by atoms with Crippen LogP contribution in [0.15, 0.2) is 24.3 Å². The van der Waals surface area contributed by atoms with Gasteiger partial charge >= 0.3 is 6.09 Å². The fraction of sp³-hybridized carbons (Fsp3) is 0.417. The lowest BCUT2D eigenvalue weighted by Gasteiger charge is -2.13. The van der Waals surface area contributed by atoms with Crippen molar-refractivity contribution in [3.8, 4) is 0 Å². The SMILES string of the molecule is CNCC(C)OC(=O)Nc1ccc(C)cc1. The van der Waals surface area contributed by atoms with Crippen molar-refractivity contribution in [2.75, 3.05) is 18.9 Å². The molecule has 4 nitrogen and oxygen atoms in total. The van der Waals surface area contributed by atoms with Gasteiger partial charge in [0.25, 0.3) is 0 Å². The molecule has 1 atom stereocenters. The van der Waals surface area contributed by atoms with Gasteiger partial charge in [0.15, 0.2) is 0 Å². The van der Waals surface area contributed by atoms with Crippen LogP contribution in [0.3, 0.4) is 0 Å². The van der Waals surface area contributed by atoms with E-state index >= 15 is 0 Å². The smallest absolute Gasteiger partial charge is 0.411 e. The molecule has 1 unspecified atom stereocenters. The molecule has 2 N–H and O–H groups in total. The summed E-state index contributed by atoms with van der Waals surface area (Å²) in [5.41, 5.74) is 1.90. The summed E-state index contributed by atoms with van der Waals surface area (Å²) in [6.45, 7) is 4.48. The minimum Gasteiger partial charge on any atom is -0.445 e. The number of benzene rings is 1. The first-order chi connectivity index (χ1) is 7.61. The molecule has 0 radical (unpaired) electrons. The van der Waals surface area contributed by atoms with Crippen molar-refractivity contribution in [1.29, 1.82) is 0 Å². The predicted octanol–water partition coefficient (Wildman–Crippen LogP) is 2.15. The summed E-state index contributed by atoms with van der Waals surface area (Å²) < 4.78 is 5.11. The number of hydrogen-bond donors (Lipinski definition) is 2. The van der Waals surface area contributed by atoms with Crippen LogP contribution in [0.4, 0.5) is 10.5 Å². The zero-order valence-electron chi connectivity index (χ0n) is 9.91. The van der Waals surface area contributed by atoms with Crippen molar-refractivity contribution in [1.82, 2.24) is 5.32 Å². The van der Waals surface area contributed by atoms with Crippen molar-refractivity contribution in [3.63, 3.8) is 0 Å². The van der Waals surface area contributed by atoms with Crippen LogP contribution in [0.5, 0.6) is 0 Å². The first-order valence-corrected chi connectivity index (χ1v) is 5.30. The molecular weight excluding hydrogens is 204 g/mol. The Morgan fingerprint density at radius 2 is 2.00 bits per heavy atom. The maximum absolute atomic E-state index is 11.4. The third kappa shape index (κ3) is 4.31. The van der Waals surface area contributed by atoms with Crippen LogP contribution in [0.1, 0.15) is 12.5 Å². The number of amides is 1. The molecule has 0 saturated heterocycles. The van der Waals surface area contributed by atoms with E-state index in [9.17, 15) is 4.79 Å². The maximum atomic E-state index is 11.4. The highest BCUT2D eigenvalue weighted by atomic mass is 16.6. The van der Waals surface area contributed by atoms with Crippen molar-refractivity contribution < 1.29 is 9.53 Å². The second-order valence-electron chi connectivity index (χ2n) is 3.76. The van der Waals surface area contributed by atoms with E-state index in [2.05, 4.69) is 10.6 Å². The number of ether oxygens (including phenoxy) is 1. The van der Waals surface area contributed by atoms with Gasteiger partial charge in [-0.3, -0.25) is 5.32 Å². The standard InChI is InChI=1S/C12H18N2O2/c1-9-4-6-11(7-5-9)14-12(15)16-10(2)8-13-3/h4-7,10,13H,8H2,1-3H3,(H,14,15). The maximum Gasteiger partial charge on any atom is 0.411 e. The van der Waals surface area contributed by atoms with E-state index in [1.165, 1.54) is 0 Å². The molecule has 1 amide bonds. The van der Waals surface area contributed by atoms with E-state index in [-0.39, 0.29) is 6.10 Å². The third-order valence-corrected chi connectivity index (χ3v) is 2.10. The van der Waals surface area contributed by atoms with Gasteiger partial charge in [-0.05, 0) is 33.0 Å². The van der Waals surface area contributed by atoms with Gasteiger partial charge in [-0.15, -0.1) is 0 Å². The monoisotopic (exact) mass is 222 g/mol. The highest BCUT2D eigenvalue weighted by molar-refractivity contribution is 5.84. The summed E-state index contributed by atoms with van der Waals surface area (Å²) in [5.74, 6) is 0. The molecule has 0 spiro atoms. The van der Waals surface area contributed by atoms with E-state index < -0.39 is 6.09 Å². The molecule has 1 rings (SSSR count). The second kappa shape index (κ2) is 6.12. The number of carbonyl (C=O) groups is 1. The zero-order chi connectivity index (χ0) is 12.0. The lowest BCUT2D eigenvalue weighted by molar-refractivity contribution is 0.121. The number of likely N-dealkylation sites (N-methyl/N-ethyl adjacent to an activating group) is 1. The molecule has 0 saturated carbocycles. The molecule has 0 aliphatic heterocycles. The van der Waals surface area contributed by atoms with Crippen molar-refractivity contribution in [3.05, 3.63) is 29.8 Å². The Kier molecular flexibility index (Phi) is 4.79. The van der Waals surface area contributed by atoms with Crippen LogP contribution in [-0.2, 0) is 4.74 Å². The number of rotatable bonds is 4. The normalized spacial score (nSPS) is 11.9. The molecule has 0 heterocycles. The molecule has 0 aliphatic rings. The molecule has 4 heteroatoms. The molecule has 0 fully saturated rings. The second-order valence-corrected chi connectivity index (χ2v) is 3.76. The summed E-state index contributed by atoms with van der Waals surface area (Å²) in [6, 6.07) is 7.57. The average Bonchev–Trinajstić information content (AvgIpc) is 2.21.